The molecule has 0 aliphatic rings. The molecule has 0 radical (unpaired) electrons. The van der Waals surface area contributed by atoms with E-state index in [2.05, 4.69) is 0 Å². The highest BCUT2D eigenvalue weighted by molar-refractivity contribution is 7.92. The van der Waals surface area contributed by atoms with E-state index >= 15 is 0 Å². The summed E-state index contributed by atoms with van der Waals surface area (Å²) >= 11 is 1.04. The van der Waals surface area contributed by atoms with Crippen LogP contribution in [0.4, 0.5) is 10.7 Å². The van der Waals surface area contributed by atoms with E-state index in [9.17, 15) is 13.2 Å². The van der Waals surface area contributed by atoms with Gasteiger partial charge in [0.15, 0.2) is 9.84 Å². The molecule has 1 aromatic heterocycles. The quantitative estimate of drug-likeness (QED) is 0.817. The van der Waals surface area contributed by atoms with Crippen molar-refractivity contribution in [2.75, 3.05) is 29.5 Å². The Labute approximate surface area is 117 Å². The van der Waals surface area contributed by atoms with Crippen molar-refractivity contribution in [1.29, 1.82) is 0 Å². The molecule has 0 bridgehead atoms. The number of carbonyl (C=O) groups is 1. The molecule has 0 aliphatic carbocycles. The molecule has 1 aromatic rings. The fraction of sp³-hybridized carbons (Fsp3) is 0.545. The summed E-state index contributed by atoms with van der Waals surface area (Å²) in [5.41, 5.74) is 11.0. The first-order chi connectivity index (χ1) is 8.80. The zero-order valence-corrected chi connectivity index (χ0v) is 12.9. The Morgan fingerprint density at radius 3 is 2.16 bits per heavy atom. The van der Waals surface area contributed by atoms with Crippen LogP contribution in [-0.4, -0.2) is 33.2 Å². The number of primary amides is 1. The minimum atomic E-state index is -3.50. The lowest BCUT2D eigenvalue weighted by Crippen LogP contribution is -2.23. The summed E-state index contributed by atoms with van der Waals surface area (Å²) in [6.07, 6.45) is 0. The Hall–Kier alpha value is -1.28. The number of nitrogen functional groups attached to an aromatic ring is 1. The molecule has 0 saturated carbocycles. The van der Waals surface area contributed by atoms with Crippen molar-refractivity contribution in [3.8, 4) is 0 Å². The lowest BCUT2D eigenvalue weighted by atomic mass is 10.3. The van der Waals surface area contributed by atoms with Crippen LogP contribution in [0.25, 0.3) is 0 Å². The largest absolute Gasteiger partial charge is 0.396 e. The number of nitrogens with zero attached hydrogens (tertiary/aromatic N) is 1. The van der Waals surface area contributed by atoms with Gasteiger partial charge in [-0.25, -0.2) is 8.42 Å². The van der Waals surface area contributed by atoms with Crippen molar-refractivity contribution >= 4 is 37.8 Å². The maximum atomic E-state index is 12.2. The Kier molecular flexibility index (Phi) is 4.81. The van der Waals surface area contributed by atoms with E-state index in [0.717, 1.165) is 11.3 Å². The second-order valence-electron chi connectivity index (χ2n) is 3.92. The monoisotopic (exact) mass is 305 g/mol. The van der Waals surface area contributed by atoms with Gasteiger partial charge in [-0.2, -0.15) is 0 Å². The molecule has 8 heteroatoms. The minimum Gasteiger partial charge on any atom is -0.396 e. The van der Waals surface area contributed by atoms with Gasteiger partial charge in [0.1, 0.15) is 14.8 Å². The summed E-state index contributed by atoms with van der Waals surface area (Å²) in [6.45, 7) is 6.61. The molecule has 4 N–H and O–H groups in total. The number of amides is 1. The Morgan fingerprint density at radius 2 is 1.79 bits per heavy atom. The topological polar surface area (TPSA) is 106 Å². The molecule has 0 atom stereocenters. The van der Waals surface area contributed by atoms with E-state index < -0.39 is 15.7 Å². The van der Waals surface area contributed by atoms with Gasteiger partial charge in [-0.15, -0.1) is 11.3 Å². The van der Waals surface area contributed by atoms with Crippen LogP contribution in [0.2, 0.25) is 0 Å². The van der Waals surface area contributed by atoms with Crippen molar-refractivity contribution in [3.05, 3.63) is 4.88 Å². The van der Waals surface area contributed by atoms with Gasteiger partial charge in [-0.3, -0.25) is 4.79 Å². The number of anilines is 2. The molecular weight excluding hydrogens is 286 g/mol. The van der Waals surface area contributed by atoms with Gasteiger partial charge >= 0.3 is 0 Å². The van der Waals surface area contributed by atoms with Gasteiger partial charge in [0.05, 0.1) is 11.4 Å². The average Bonchev–Trinajstić information content (AvgIpc) is 2.69. The SMILES string of the molecule is CCN(CC)c1sc(C(N)=O)c(N)c1S(=O)(=O)CC. The third-order valence-corrected chi connectivity index (χ3v) is 6.05. The van der Waals surface area contributed by atoms with Crippen LogP contribution < -0.4 is 16.4 Å². The number of thiophene rings is 1. The second kappa shape index (κ2) is 5.79. The molecule has 19 heavy (non-hydrogen) atoms. The summed E-state index contributed by atoms with van der Waals surface area (Å²) in [7, 11) is -3.50. The first-order valence-electron chi connectivity index (χ1n) is 5.99. The molecule has 1 amide bonds. The first-order valence-corrected chi connectivity index (χ1v) is 8.46. The number of hydrogen-bond donors (Lipinski definition) is 2. The first kappa shape index (κ1) is 15.8. The fourth-order valence-electron chi connectivity index (χ4n) is 1.76. The van der Waals surface area contributed by atoms with Crippen LogP contribution in [0.15, 0.2) is 4.90 Å². The molecule has 1 heterocycles. The Morgan fingerprint density at radius 1 is 1.26 bits per heavy atom. The third-order valence-electron chi connectivity index (χ3n) is 2.85. The van der Waals surface area contributed by atoms with Gasteiger partial charge in [-0.05, 0) is 13.8 Å². The second-order valence-corrected chi connectivity index (χ2v) is 7.13. The van der Waals surface area contributed by atoms with Gasteiger partial charge in [0, 0.05) is 13.1 Å². The Balaban J connectivity index is 3.62. The molecule has 6 nitrogen and oxygen atoms in total. The fourth-order valence-corrected chi connectivity index (χ4v) is 4.55. The number of carbonyl (C=O) groups excluding carboxylic acids is 1. The van der Waals surface area contributed by atoms with Crippen LogP contribution in [-0.2, 0) is 9.84 Å². The van der Waals surface area contributed by atoms with Crippen LogP contribution in [0.1, 0.15) is 30.4 Å². The number of nitrogens with two attached hydrogens (primary N) is 2. The van der Waals surface area contributed by atoms with Crippen LogP contribution in [0, 0.1) is 0 Å². The molecule has 0 unspecified atom stereocenters. The van der Waals surface area contributed by atoms with Crippen molar-refractivity contribution in [3.63, 3.8) is 0 Å². The van der Waals surface area contributed by atoms with Crippen molar-refractivity contribution < 1.29 is 13.2 Å². The average molecular weight is 305 g/mol. The lowest BCUT2D eigenvalue weighted by molar-refractivity contribution is 0.100. The van der Waals surface area contributed by atoms with Crippen LogP contribution >= 0.6 is 11.3 Å². The van der Waals surface area contributed by atoms with Gasteiger partial charge in [0.25, 0.3) is 5.91 Å². The van der Waals surface area contributed by atoms with E-state index in [0.29, 0.717) is 18.1 Å². The highest BCUT2D eigenvalue weighted by atomic mass is 32.2. The summed E-state index contributed by atoms with van der Waals surface area (Å²) in [5, 5.41) is 0.498. The molecular formula is C11H19N3O3S2. The van der Waals surface area contributed by atoms with Gasteiger partial charge < -0.3 is 16.4 Å². The predicted molar refractivity (Wildman–Crippen MR) is 78.5 cm³/mol. The summed E-state index contributed by atoms with van der Waals surface area (Å²) < 4.78 is 24.3. The summed E-state index contributed by atoms with van der Waals surface area (Å²) in [5.74, 6) is -0.770. The van der Waals surface area contributed by atoms with E-state index in [1.165, 1.54) is 0 Å². The standard InChI is InChI=1S/C11H19N3O3S2/c1-4-14(5-2)11-9(19(16,17)6-3)7(12)8(18-11)10(13)15/h4-6,12H2,1-3H3,(H2,13,15). The maximum Gasteiger partial charge on any atom is 0.261 e. The number of hydrogen-bond acceptors (Lipinski definition) is 6. The Bertz CT molecular complexity index is 574. The smallest absolute Gasteiger partial charge is 0.261 e. The van der Waals surface area contributed by atoms with Gasteiger partial charge in [0.2, 0.25) is 0 Å². The molecule has 1 rings (SSSR count). The highest BCUT2D eigenvalue weighted by Gasteiger charge is 2.29. The van der Waals surface area contributed by atoms with Crippen molar-refractivity contribution in [2.24, 2.45) is 5.73 Å². The summed E-state index contributed by atoms with van der Waals surface area (Å²) in [4.78, 5) is 13.3. The van der Waals surface area contributed by atoms with Crippen LogP contribution in [0.3, 0.4) is 0 Å². The maximum absolute atomic E-state index is 12.2. The van der Waals surface area contributed by atoms with Crippen LogP contribution in [0.5, 0.6) is 0 Å². The van der Waals surface area contributed by atoms with Gasteiger partial charge in [-0.1, -0.05) is 6.92 Å². The van der Waals surface area contributed by atoms with E-state index in [4.69, 9.17) is 11.5 Å². The van der Waals surface area contributed by atoms with Crippen molar-refractivity contribution in [1.82, 2.24) is 0 Å². The molecule has 0 aliphatic heterocycles. The molecule has 108 valence electrons. The molecule has 0 spiro atoms. The normalized spacial score (nSPS) is 11.5. The number of sulfone groups is 1. The third kappa shape index (κ3) is 2.84. The molecule has 0 saturated heterocycles. The predicted octanol–water partition coefficient (Wildman–Crippen LogP) is 1.07. The zero-order valence-electron chi connectivity index (χ0n) is 11.3. The van der Waals surface area contributed by atoms with E-state index in [-0.39, 0.29) is 21.2 Å². The molecule has 0 fully saturated rings. The zero-order chi connectivity index (χ0) is 14.8. The van der Waals surface area contributed by atoms with Crippen molar-refractivity contribution in [2.45, 2.75) is 25.7 Å². The minimum absolute atomic E-state index is 0.0266. The lowest BCUT2D eigenvalue weighted by Gasteiger charge is -2.20. The summed E-state index contributed by atoms with van der Waals surface area (Å²) in [6, 6.07) is 0. The molecule has 0 aromatic carbocycles. The number of rotatable bonds is 6. The van der Waals surface area contributed by atoms with E-state index in [1.54, 1.807) is 6.92 Å². The highest BCUT2D eigenvalue weighted by Crippen LogP contribution is 2.41. The van der Waals surface area contributed by atoms with E-state index in [1.807, 2.05) is 18.7 Å².